The molecule has 14 heavy (non-hydrogen) atoms. The minimum Gasteiger partial charge on any atom is -0.0879 e. The standard InChI is InChI=1S/C14H18/c1-11-8-9-14(10-12(11)2)13-6-4-3-5-7-13/h4,6,8-10,13H,3,5,7H2,1-2H3. The topological polar surface area (TPSA) is 0 Å². The highest BCUT2D eigenvalue weighted by molar-refractivity contribution is 5.34. The van der Waals surface area contributed by atoms with Crippen LogP contribution in [-0.4, -0.2) is 0 Å². The fourth-order valence-electron chi connectivity index (χ4n) is 2.09. The molecule has 0 bridgehead atoms. The molecular formula is C14H18. The average molecular weight is 186 g/mol. The molecule has 0 saturated heterocycles. The predicted molar refractivity (Wildman–Crippen MR) is 61.6 cm³/mol. The summed E-state index contributed by atoms with van der Waals surface area (Å²) in [5.74, 6) is 0.669. The molecule has 2 rings (SSSR count). The predicted octanol–water partition coefficient (Wildman–Crippen LogP) is 4.13. The fraction of sp³-hybridized carbons (Fsp3) is 0.429. The van der Waals surface area contributed by atoms with Gasteiger partial charge in [0.1, 0.15) is 0 Å². The largest absolute Gasteiger partial charge is 0.0879 e. The van der Waals surface area contributed by atoms with E-state index in [9.17, 15) is 0 Å². The van der Waals surface area contributed by atoms with Gasteiger partial charge >= 0.3 is 0 Å². The van der Waals surface area contributed by atoms with Gasteiger partial charge < -0.3 is 0 Å². The molecule has 0 aromatic heterocycles. The van der Waals surface area contributed by atoms with Crippen molar-refractivity contribution in [2.45, 2.75) is 39.0 Å². The van der Waals surface area contributed by atoms with Crippen molar-refractivity contribution in [3.8, 4) is 0 Å². The third kappa shape index (κ3) is 1.89. The third-order valence-electron chi connectivity index (χ3n) is 3.21. The van der Waals surface area contributed by atoms with Crippen LogP contribution in [0.2, 0.25) is 0 Å². The van der Waals surface area contributed by atoms with E-state index in [1.165, 1.54) is 36.0 Å². The monoisotopic (exact) mass is 186 g/mol. The highest BCUT2D eigenvalue weighted by atomic mass is 14.2. The molecule has 1 unspecified atom stereocenters. The van der Waals surface area contributed by atoms with Crippen LogP contribution in [-0.2, 0) is 0 Å². The molecule has 0 N–H and O–H groups in total. The summed E-state index contributed by atoms with van der Waals surface area (Å²) in [5.41, 5.74) is 4.30. The van der Waals surface area contributed by atoms with Gasteiger partial charge in [-0.2, -0.15) is 0 Å². The van der Waals surface area contributed by atoms with Crippen molar-refractivity contribution in [1.82, 2.24) is 0 Å². The van der Waals surface area contributed by atoms with E-state index >= 15 is 0 Å². The van der Waals surface area contributed by atoms with Crippen LogP contribution in [0.3, 0.4) is 0 Å². The Morgan fingerprint density at radius 2 is 2.00 bits per heavy atom. The summed E-state index contributed by atoms with van der Waals surface area (Å²) in [5, 5.41) is 0. The molecule has 0 aliphatic heterocycles. The van der Waals surface area contributed by atoms with Gasteiger partial charge in [0.2, 0.25) is 0 Å². The minimum atomic E-state index is 0.669. The van der Waals surface area contributed by atoms with E-state index in [2.05, 4.69) is 44.2 Å². The van der Waals surface area contributed by atoms with Gasteiger partial charge in [0.05, 0.1) is 0 Å². The number of hydrogen-bond donors (Lipinski definition) is 0. The first-order valence-corrected chi connectivity index (χ1v) is 5.51. The zero-order chi connectivity index (χ0) is 9.97. The van der Waals surface area contributed by atoms with Gasteiger partial charge in [-0.3, -0.25) is 0 Å². The Morgan fingerprint density at radius 1 is 1.14 bits per heavy atom. The molecule has 1 aliphatic rings. The second-order valence-corrected chi connectivity index (χ2v) is 4.31. The summed E-state index contributed by atoms with van der Waals surface area (Å²) in [6.07, 6.45) is 8.62. The van der Waals surface area contributed by atoms with Crippen molar-refractivity contribution in [3.05, 3.63) is 47.0 Å². The van der Waals surface area contributed by atoms with Crippen LogP contribution in [0.4, 0.5) is 0 Å². The molecule has 1 aliphatic carbocycles. The molecule has 0 amide bonds. The van der Waals surface area contributed by atoms with Gasteiger partial charge in [-0.1, -0.05) is 30.4 Å². The molecule has 0 spiro atoms. The molecule has 1 aromatic carbocycles. The fourth-order valence-corrected chi connectivity index (χ4v) is 2.09. The Bertz CT molecular complexity index is 347. The smallest absolute Gasteiger partial charge is 0.00181 e. The Labute approximate surface area is 86.7 Å². The van der Waals surface area contributed by atoms with Crippen molar-refractivity contribution in [2.24, 2.45) is 0 Å². The molecular weight excluding hydrogens is 168 g/mol. The summed E-state index contributed by atoms with van der Waals surface area (Å²) in [4.78, 5) is 0. The Balaban J connectivity index is 2.27. The van der Waals surface area contributed by atoms with E-state index in [0.29, 0.717) is 5.92 Å². The van der Waals surface area contributed by atoms with Crippen LogP contribution in [0.15, 0.2) is 30.4 Å². The molecule has 74 valence electrons. The Kier molecular flexibility index (Phi) is 2.72. The molecule has 1 atom stereocenters. The van der Waals surface area contributed by atoms with Crippen LogP contribution in [0, 0.1) is 13.8 Å². The minimum absolute atomic E-state index is 0.669. The van der Waals surface area contributed by atoms with E-state index in [-0.39, 0.29) is 0 Å². The van der Waals surface area contributed by atoms with Crippen molar-refractivity contribution < 1.29 is 0 Å². The number of aryl methyl sites for hydroxylation is 2. The summed E-state index contributed by atoms with van der Waals surface area (Å²) in [6.45, 7) is 4.38. The maximum absolute atomic E-state index is 2.37. The zero-order valence-corrected chi connectivity index (χ0v) is 9.09. The van der Waals surface area contributed by atoms with E-state index in [1.54, 1.807) is 0 Å². The van der Waals surface area contributed by atoms with E-state index in [1.807, 2.05) is 0 Å². The van der Waals surface area contributed by atoms with Gasteiger partial charge in [-0.05, 0) is 49.8 Å². The summed E-state index contributed by atoms with van der Waals surface area (Å²) >= 11 is 0. The quantitative estimate of drug-likeness (QED) is 0.578. The lowest BCUT2D eigenvalue weighted by Crippen LogP contribution is -1.99. The second-order valence-electron chi connectivity index (χ2n) is 4.31. The molecule has 0 radical (unpaired) electrons. The van der Waals surface area contributed by atoms with Gasteiger partial charge in [0, 0.05) is 5.92 Å². The zero-order valence-electron chi connectivity index (χ0n) is 9.09. The first kappa shape index (κ1) is 9.51. The maximum atomic E-state index is 2.37. The lowest BCUT2D eigenvalue weighted by atomic mass is 9.88. The normalized spacial score (nSPS) is 21.1. The molecule has 1 aromatic rings. The Morgan fingerprint density at radius 3 is 2.64 bits per heavy atom. The first-order valence-electron chi connectivity index (χ1n) is 5.51. The summed E-state index contributed by atoms with van der Waals surface area (Å²) < 4.78 is 0. The number of benzene rings is 1. The van der Waals surface area contributed by atoms with E-state index in [0.717, 1.165) is 0 Å². The molecule has 0 heteroatoms. The van der Waals surface area contributed by atoms with Gasteiger partial charge in [0.15, 0.2) is 0 Å². The molecule has 0 saturated carbocycles. The van der Waals surface area contributed by atoms with E-state index < -0.39 is 0 Å². The van der Waals surface area contributed by atoms with E-state index in [4.69, 9.17) is 0 Å². The highest BCUT2D eigenvalue weighted by Gasteiger charge is 2.10. The SMILES string of the molecule is Cc1ccc(C2C=CCCC2)cc1C. The molecule has 0 nitrogen and oxygen atoms in total. The second kappa shape index (κ2) is 4.00. The summed E-state index contributed by atoms with van der Waals surface area (Å²) in [6, 6.07) is 6.87. The average Bonchev–Trinajstić information content (AvgIpc) is 2.23. The van der Waals surface area contributed by atoms with Crippen LogP contribution in [0.5, 0.6) is 0 Å². The van der Waals surface area contributed by atoms with Crippen molar-refractivity contribution in [3.63, 3.8) is 0 Å². The van der Waals surface area contributed by atoms with Crippen LogP contribution >= 0.6 is 0 Å². The molecule has 0 heterocycles. The third-order valence-corrected chi connectivity index (χ3v) is 3.21. The number of rotatable bonds is 1. The Hall–Kier alpha value is -1.04. The van der Waals surface area contributed by atoms with Gasteiger partial charge in [-0.15, -0.1) is 0 Å². The van der Waals surface area contributed by atoms with Crippen molar-refractivity contribution in [2.75, 3.05) is 0 Å². The number of allylic oxidation sites excluding steroid dienone is 2. The summed E-state index contributed by atoms with van der Waals surface area (Å²) in [7, 11) is 0. The lowest BCUT2D eigenvalue weighted by molar-refractivity contribution is 0.654. The van der Waals surface area contributed by atoms with Crippen LogP contribution in [0.1, 0.15) is 41.9 Å². The highest BCUT2D eigenvalue weighted by Crippen LogP contribution is 2.28. The van der Waals surface area contributed by atoms with Crippen molar-refractivity contribution in [1.29, 1.82) is 0 Å². The van der Waals surface area contributed by atoms with Crippen molar-refractivity contribution >= 4 is 0 Å². The maximum Gasteiger partial charge on any atom is 0.00181 e. The van der Waals surface area contributed by atoms with Crippen LogP contribution < -0.4 is 0 Å². The van der Waals surface area contributed by atoms with Crippen LogP contribution in [0.25, 0.3) is 0 Å². The molecule has 0 fully saturated rings. The van der Waals surface area contributed by atoms with Gasteiger partial charge in [0.25, 0.3) is 0 Å². The lowest BCUT2D eigenvalue weighted by Gasteiger charge is -2.17. The van der Waals surface area contributed by atoms with Gasteiger partial charge in [-0.25, -0.2) is 0 Å². The number of hydrogen-bond acceptors (Lipinski definition) is 0. The first-order chi connectivity index (χ1) is 6.77.